The van der Waals surface area contributed by atoms with Gasteiger partial charge in [0, 0.05) is 63.0 Å². The van der Waals surface area contributed by atoms with Crippen LogP contribution in [0.2, 0.25) is 0 Å². The molecule has 7 rings (SSSR count). The molecule has 5 heterocycles. The Kier molecular flexibility index (Phi) is 5.37. The largest absolute Gasteiger partial charge is 0.380 e. The Balaban J connectivity index is 1.14. The molecule has 9 nitrogen and oxygen atoms in total. The standard InChI is InChI=1S/C26H34N8O/c1-2-4-21(3-1)34-18-28-22-23(30-25(31-24(22)34)33-11-9-27-10-12-33)29-20-7-5-19(6-8-20)13-32-14-26(15-32)16-35-17-26/h5-8,18,21,27H,1-4,9-17H2,(H,29,30,31). The van der Waals surface area contributed by atoms with Crippen molar-refractivity contribution in [1.29, 1.82) is 0 Å². The van der Waals surface area contributed by atoms with Crippen molar-refractivity contribution in [1.82, 2.24) is 29.7 Å². The van der Waals surface area contributed by atoms with Gasteiger partial charge in [-0.25, -0.2) is 4.98 Å². The monoisotopic (exact) mass is 474 g/mol. The Morgan fingerprint density at radius 3 is 2.51 bits per heavy atom. The topological polar surface area (TPSA) is 83.4 Å². The number of ether oxygens (including phenoxy) is 1. The molecule has 0 unspecified atom stereocenters. The van der Waals surface area contributed by atoms with Crippen LogP contribution in [0.25, 0.3) is 11.2 Å². The van der Waals surface area contributed by atoms with Crippen molar-refractivity contribution < 1.29 is 4.74 Å². The number of nitrogens with one attached hydrogen (secondary N) is 2. The number of imidazole rings is 1. The molecule has 0 amide bonds. The maximum absolute atomic E-state index is 5.40. The minimum absolute atomic E-state index is 0.462. The van der Waals surface area contributed by atoms with Gasteiger partial charge >= 0.3 is 0 Å². The first-order valence-corrected chi connectivity index (χ1v) is 13.1. The van der Waals surface area contributed by atoms with Gasteiger partial charge in [-0.3, -0.25) is 4.90 Å². The van der Waals surface area contributed by atoms with Crippen LogP contribution in [0.3, 0.4) is 0 Å². The van der Waals surface area contributed by atoms with Crippen LogP contribution in [0.5, 0.6) is 0 Å². The first-order valence-electron chi connectivity index (χ1n) is 13.1. The summed E-state index contributed by atoms with van der Waals surface area (Å²) in [4.78, 5) is 19.6. The van der Waals surface area contributed by atoms with Crippen LogP contribution < -0.4 is 15.5 Å². The third kappa shape index (κ3) is 4.05. The number of likely N-dealkylation sites (tertiary alicyclic amines) is 1. The smallest absolute Gasteiger partial charge is 0.229 e. The predicted molar refractivity (Wildman–Crippen MR) is 136 cm³/mol. The summed E-state index contributed by atoms with van der Waals surface area (Å²) in [5.74, 6) is 1.59. The van der Waals surface area contributed by atoms with Gasteiger partial charge in [-0.05, 0) is 30.5 Å². The number of benzene rings is 1. The number of rotatable bonds is 6. The Morgan fingerprint density at radius 2 is 1.80 bits per heavy atom. The number of nitrogens with zero attached hydrogens (tertiary/aromatic N) is 6. The number of aromatic nitrogens is 4. The van der Waals surface area contributed by atoms with Crippen molar-refractivity contribution in [3.8, 4) is 0 Å². The average molecular weight is 475 g/mol. The van der Waals surface area contributed by atoms with E-state index in [1.54, 1.807) is 0 Å². The summed E-state index contributed by atoms with van der Waals surface area (Å²) >= 11 is 0. The number of anilines is 3. The molecule has 0 radical (unpaired) electrons. The molecular formula is C26H34N8O. The Bertz CT molecular complexity index is 1180. The van der Waals surface area contributed by atoms with E-state index in [2.05, 4.69) is 49.3 Å². The summed E-state index contributed by atoms with van der Waals surface area (Å²) in [7, 11) is 0. The normalized spacial score (nSPS) is 22.5. The van der Waals surface area contributed by atoms with Crippen LogP contribution in [0, 0.1) is 5.41 Å². The summed E-state index contributed by atoms with van der Waals surface area (Å²) in [5, 5.41) is 7.00. The molecule has 3 saturated heterocycles. The lowest BCUT2D eigenvalue weighted by Gasteiger charge is -2.55. The number of hydrogen-bond donors (Lipinski definition) is 2. The van der Waals surface area contributed by atoms with E-state index in [4.69, 9.17) is 19.7 Å². The van der Waals surface area contributed by atoms with Crippen molar-refractivity contribution in [3.05, 3.63) is 36.2 Å². The molecule has 0 atom stereocenters. The quantitative estimate of drug-likeness (QED) is 0.564. The summed E-state index contributed by atoms with van der Waals surface area (Å²) in [5.41, 5.74) is 4.64. The van der Waals surface area contributed by atoms with Crippen molar-refractivity contribution in [3.63, 3.8) is 0 Å². The minimum Gasteiger partial charge on any atom is -0.380 e. The van der Waals surface area contributed by atoms with Gasteiger partial charge in [-0.1, -0.05) is 25.0 Å². The lowest BCUT2D eigenvalue weighted by molar-refractivity contribution is -0.191. The van der Waals surface area contributed by atoms with Crippen LogP contribution in [-0.2, 0) is 11.3 Å². The van der Waals surface area contributed by atoms with Crippen molar-refractivity contribution in [2.24, 2.45) is 5.41 Å². The van der Waals surface area contributed by atoms with Crippen LogP contribution >= 0.6 is 0 Å². The SMILES string of the molecule is c1cc(Nc2nc(N3CCNCC3)nc3c2ncn3C2CCCC2)ccc1CN1CC2(COC2)C1. The fourth-order valence-corrected chi connectivity index (χ4v) is 6.12. The molecule has 1 aliphatic carbocycles. The highest BCUT2D eigenvalue weighted by Gasteiger charge is 2.48. The van der Waals surface area contributed by atoms with Gasteiger partial charge in [0.1, 0.15) is 0 Å². The summed E-state index contributed by atoms with van der Waals surface area (Å²) in [6.07, 6.45) is 6.94. The van der Waals surface area contributed by atoms with Crippen LogP contribution in [0.15, 0.2) is 30.6 Å². The minimum atomic E-state index is 0.462. The maximum atomic E-state index is 5.40. The second-order valence-corrected chi connectivity index (χ2v) is 10.8. The molecule has 1 aromatic carbocycles. The van der Waals surface area contributed by atoms with Gasteiger partial charge < -0.3 is 24.8 Å². The van der Waals surface area contributed by atoms with Crippen LogP contribution in [-0.4, -0.2) is 76.9 Å². The molecule has 4 aliphatic rings. The van der Waals surface area contributed by atoms with E-state index in [9.17, 15) is 0 Å². The van der Waals surface area contributed by atoms with Gasteiger partial charge in [0.2, 0.25) is 5.95 Å². The summed E-state index contributed by atoms with van der Waals surface area (Å²) < 4.78 is 7.69. The molecule has 184 valence electrons. The lowest BCUT2D eigenvalue weighted by Crippen LogP contribution is -2.65. The number of hydrogen-bond acceptors (Lipinski definition) is 8. The van der Waals surface area contributed by atoms with Gasteiger partial charge in [0.05, 0.1) is 19.5 Å². The molecule has 0 bridgehead atoms. The average Bonchev–Trinajstić information content (AvgIpc) is 3.51. The Hall–Kier alpha value is -2.75. The molecule has 9 heteroatoms. The molecule has 3 aromatic rings. The van der Waals surface area contributed by atoms with E-state index in [0.717, 1.165) is 87.6 Å². The highest BCUT2D eigenvalue weighted by molar-refractivity contribution is 5.86. The molecule has 1 saturated carbocycles. The molecule has 3 aliphatic heterocycles. The zero-order valence-corrected chi connectivity index (χ0v) is 20.2. The molecule has 4 fully saturated rings. The third-order valence-electron chi connectivity index (χ3n) is 8.08. The van der Waals surface area contributed by atoms with Gasteiger partial charge in [-0.2, -0.15) is 9.97 Å². The van der Waals surface area contributed by atoms with E-state index >= 15 is 0 Å². The van der Waals surface area contributed by atoms with Crippen LogP contribution in [0.1, 0.15) is 37.3 Å². The fraction of sp³-hybridized carbons (Fsp3) is 0.577. The van der Waals surface area contributed by atoms with E-state index in [-0.39, 0.29) is 0 Å². The van der Waals surface area contributed by atoms with E-state index < -0.39 is 0 Å². The Morgan fingerprint density at radius 1 is 1.03 bits per heavy atom. The second kappa shape index (κ2) is 8.72. The number of fused-ring (bicyclic) bond motifs is 1. The fourth-order valence-electron chi connectivity index (χ4n) is 6.12. The zero-order chi connectivity index (χ0) is 23.2. The van der Waals surface area contributed by atoms with E-state index in [1.807, 2.05) is 6.33 Å². The number of piperazine rings is 1. The highest BCUT2D eigenvalue weighted by Crippen LogP contribution is 2.38. The molecule has 1 spiro atoms. The van der Waals surface area contributed by atoms with Crippen molar-refractivity contribution in [2.75, 3.05) is 62.7 Å². The van der Waals surface area contributed by atoms with Gasteiger partial charge in [0.25, 0.3) is 0 Å². The predicted octanol–water partition coefficient (Wildman–Crippen LogP) is 2.93. The lowest BCUT2D eigenvalue weighted by atomic mass is 9.78. The van der Waals surface area contributed by atoms with Gasteiger partial charge in [-0.15, -0.1) is 0 Å². The summed E-state index contributed by atoms with van der Waals surface area (Å²) in [6, 6.07) is 9.24. The van der Waals surface area contributed by atoms with Crippen molar-refractivity contribution >= 4 is 28.6 Å². The molecular weight excluding hydrogens is 440 g/mol. The summed E-state index contributed by atoms with van der Waals surface area (Å²) in [6.45, 7) is 8.94. The van der Waals surface area contributed by atoms with Crippen molar-refractivity contribution in [2.45, 2.75) is 38.3 Å². The first-order chi connectivity index (χ1) is 17.2. The van der Waals surface area contributed by atoms with Crippen LogP contribution in [0.4, 0.5) is 17.5 Å². The highest BCUT2D eigenvalue weighted by atomic mass is 16.5. The molecule has 2 N–H and O–H groups in total. The second-order valence-electron chi connectivity index (χ2n) is 10.8. The Labute approximate surface area is 205 Å². The third-order valence-corrected chi connectivity index (χ3v) is 8.08. The van der Waals surface area contributed by atoms with E-state index in [0.29, 0.717) is 11.5 Å². The van der Waals surface area contributed by atoms with Gasteiger partial charge in [0.15, 0.2) is 17.0 Å². The van der Waals surface area contributed by atoms with E-state index in [1.165, 1.54) is 31.2 Å². The molecule has 35 heavy (non-hydrogen) atoms. The zero-order valence-electron chi connectivity index (χ0n) is 20.2. The molecule has 2 aromatic heterocycles. The first kappa shape index (κ1) is 21.5. The maximum Gasteiger partial charge on any atom is 0.229 e.